The van der Waals surface area contributed by atoms with Crippen LogP contribution in [0.15, 0.2) is 18.2 Å². The number of phosphoric acid groups is 1. The van der Waals surface area contributed by atoms with Crippen LogP contribution >= 0.6 is 7.82 Å². The summed E-state index contributed by atoms with van der Waals surface area (Å²) in [6.45, 7) is 1.87. The number of likely N-dealkylation sites (N-methyl/N-ethyl adjacent to an activating group) is 1. The van der Waals surface area contributed by atoms with Gasteiger partial charge in [-0.15, -0.1) is 0 Å². The molecule has 13 nitrogen and oxygen atoms in total. The maximum atomic E-state index is 12.6. The molecule has 50 heavy (non-hydrogen) atoms. The third kappa shape index (κ3) is 24.4. The number of unbranched alkanes of at least 4 members (excludes halogenated alkanes) is 13. The first-order chi connectivity index (χ1) is 23.7. The Bertz CT molecular complexity index is 1160. The van der Waals surface area contributed by atoms with E-state index >= 15 is 0 Å². The molecule has 0 fully saturated rings. The van der Waals surface area contributed by atoms with Crippen molar-refractivity contribution in [3.05, 3.63) is 23.8 Å². The Labute approximate surface area is 299 Å². The number of benzene rings is 1. The highest BCUT2D eigenvalue weighted by atomic mass is 31.2. The molecule has 1 aromatic rings. The number of nitrogens with zero attached hydrogens (tertiary/aromatic N) is 1. The molecular weight excluding hydrogens is 665 g/mol. The van der Waals surface area contributed by atoms with E-state index in [-0.39, 0.29) is 43.9 Å². The molecule has 0 saturated carbocycles. The van der Waals surface area contributed by atoms with E-state index in [2.05, 4.69) is 12.2 Å². The minimum Gasteiger partial charge on any atom is -0.756 e. The normalized spacial score (nSPS) is 13.4. The Balaban J connectivity index is 2.43. The van der Waals surface area contributed by atoms with E-state index in [9.17, 15) is 28.9 Å². The number of amides is 1. The van der Waals surface area contributed by atoms with Gasteiger partial charge in [0.25, 0.3) is 13.7 Å². The van der Waals surface area contributed by atoms with Crippen molar-refractivity contribution in [2.24, 2.45) is 0 Å². The minimum absolute atomic E-state index is 0.0299. The number of aromatic hydroxyl groups is 1. The van der Waals surface area contributed by atoms with Crippen molar-refractivity contribution in [1.29, 1.82) is 0 Å². The van der Waals surface area contributed by atoms with E-state index in [1.165, 1.54) is 76.0 Å². The summed E-state index contributed by atoms with van der Waals surface area (Å²) >= 11 is 0. The molecule has 0 aromatic heterocycles. The lowest BCUT2D eigenvalue weighted by Gasteiger charge is -2.28. The average molecular weight is 730 g/mol. The van der Waals surface area contributed by atoms with Crippen LogP contribution in [0.5, 0.6) is 5.75 Å². The zero-order valence-electron chi connectivity index (χ0n) is 31.0. The third-order valence-corrected chi connectivity index (χ3v) is 8.97. The van der Waals surface area contributed by atoms with Crippen molar-refractivity contribution in [3.63, 3.8) is 0 Å². The Morgan fingerprint density at radius 1 is 0.840 bits per heavy atom. The number of nitrogens with one attached hydrogen (secondary N) is 1. The maximum Gasteiger partial charge on any atom is 0.306 e. The van der Waals surface area contributed by atoms with Gasteiger partial charge >= 0.3 is 11.9 Å². The molecule has 0 bridgehead atoms. The van der Waals surface area contributed by atoms with Crippen LogP contribution in [0.2, 0.25) is 0 Å². The van der Waals surface area contributed by atoms with Gasteiger partial charge < -0.3 is 44.1 Å². The van der Waals surface area contributed by atoms with E-state index < -0.39 is 38.4 Å². The summed E-state index contributed by atoms with van der Waals surface area (Å²) in [6.07, 6.45) is 15.3. The number of phenols is 1. The molecule has 288 valence electrons. The standard InChI is InChI=1S/C36H64N3O10P/c1-5-6-7-8-9-10-11-12-13-14-15-16-17-20-34(41)46-28-31(29-48-50(44,45)47-26-25-39(2,3)4)49-35(42)21-18-19-24-38-36(43)32-27-30(37)22-23-33(32)40/h22-23,27,31H,5-21,24-26,28-29,37H2,1-4H3,(H2-,38,40,43,44,45). The van der Waals surface area contributed by atoms with Gasteiger partial charge in [-0.05, 0) is 37.5 Å². The zero-order chi connectivity index (χ0) is 37.3. The van der Waals surface area contributed by atoms with E-state index in [0.717, 1.165) is 19.3 Å². The molecule has 0 spiro atoms. The fourth-order valence-electron chi connectivity index (χ4n) is 4.97. The summed E-state index contributed by atoms with van der Waals surface area (Å²) < 4.78 is 33.4. The van der Waals surface area contributed by atoms with Gasteiger partial charge in [0.15, 0.2) is 6.10 Å². The first kappa shape index (κ1) is 45.3. The number of nitrogen functional groups attached to an aromatic ring is 1. The zero-order valence-corrected chi connectivity index (χ0v) is 31.9. The first-order valence-electron chi connectivity index (χ1n) is 18.3. The summed E-state index contributed by atoms with van der Waals surface area (Å²) in [5.41, 5.74) is 6.07. The fourth-order valence-corrected chi connectivity index (χ4v) is 5.70. The number of esters is 2. The van der Waals surface area contributed by atoms with Gasteiger partial charge in [-0.1, -0.05) is 84.0 Å². The Morgan fingerprint density at radius 3 is 2.00 bits per heavy atom. The molecule has 4 N–H and O–H groups in total. The number of carbonyl (C=O) groups excluding carboxylic acids is 3. The number of phosphoric ester groups is 1. The van der Waals surface area contributed by atoms with Crippen molar-refractivity contribution in [2.75, 3.05) is 59.8 Å². The summed E-state index contributed by atoms with van der Waals surface area (Å²) in [4.78, 5) is 49.6. The van der Waals surface area contributed by atoms with Crippen molar-refractivity contribution < 1.29 is 52.0 Å². The van der Waals surface area contributed by atoms with E-state index in [1.807, 2.05) is 21.1 Å². The van der Waals surface area contributed by atoms with Gasteiger partial charge in [0.2, 0.25) is 0 Å². The highest BCUT2D eigenvalue weighted by Gasteiger charge is 2.22. The molecule has 0 radical (unpaired) electrons. The largest absolute Gasteiger partial charge is 0.756 e. The second kappa shape index (κ2) is 26.1. The second-order valence-corrected chi connectivity index (χ2v) is 15.3. The smallest absolute Gasteiger partial charge is 0.306 e. The summed E-state index contributed by atoms with van der Waals surface area (Å²) in [5.74, 6) is -1.79. The number of hydrogen-bond donors (Lipinski definition) is 3. The van der Waals surface area contributed by atoms with Crippen LogP contribution < -0.4 is 15.9 Å². The predicted molar refractivity (Wildman–Crippen MR) is 192 cm³/mol. The first-order valence-corrected chi connectivity index (χ1v) is 19.8. The Kier molecular flexibility index (Phi) is 23.7. The lowest BCUT2D eigenvalue weighted by molar-refractivity contribution is -0.870. The fraction of sp³-hybridized carbons (Fsp3) is 0.750. The average Bonchev–Trinajstić information content (AvgIpc) is 3.04. The molecule has 0 saturated heterocycles. The van der Waals surface area contributed by atoms with E-state index in [0.29, 0.717) is 36.0 Å². The molecule has 14 heteroatoms. The van der Waals surface area contributed by atoms with Crippen molar-refractivity contribution >= 4 is 31.4 Å². The SMILES string of the molecule is CCCCCCCCCCCCCCCC(=O)OCC(COP(=O)([O-])OCC[N+](C)(C)C)OC(=O)CCCCNC(=O)c1cc(N)ccc1O. The van der Waals surface area contributed by atoms with E-state index in [4.69, 9.17) is 24.3 Å². The quantitative estimate of drug-likeness (QED) is 0.0210. The van der Waals surface area contributed by atoms with Crippen LogP contribution in [-0.4, -0.2) is 87.6 Å². The summed E-state index contributed by atoms with van der Waals surface area (Å²) in [7, 11) is 0.970. The van der Waals surface area contributed by atoms with Crippen LogP contribution in [0.3, 0.4) is 0 Å². The summed E-state index contributed by atoms with van der Waals surface area (Å²) in [6, 6.07) is 4.18. The number of phenolic OH excluding ortho intramolecular Hbond substituents is 1. The predicted octanol–water partition coefficient (Wildman–Crippen LogP) is 6.02. The summed E-state index contributed by atoms with van der Waals surface area (Å²) in [5, 5.41) is 12.5. The van der Waals surface area contributed by atoms with Crippen molar-refractivity contribution in [3.8, 4) is 5.75 Å². The van der Waals surface area contributed by atoms with Crippen molar-refractivity contribution in [1.82, 2.24) is 5.32 Å². The minimum atomic E-state index is -4.70. The number of rotatable bonds is 30. The monoisotopic (exact) mass is 729 g/mol. The number of ether oxygens (including phenoxy) is 2. The molecule has 0 aliphatic heterocycles. The second-order valence-electron chi connectivity index (χ2n) is 13.9. The molecule has 0 aliphatic rings. The van der Waals surface area contributed by atoms with Crippen molar-refractivity contribution in [2.45, 2.75) is 122 Å². The Hall–Kier alpha value is -2.70. The molecule has 2 unspecified atom stereocenters. The lowest BCUT2D eigenvalue weighted by Crippen LogP contribution is -2.37. The Morgan fingerprint density at radius 2 is 1.40 bits per heavy atom. The van der Waals surface area contributed by atoms with Crippen LogP contribution in [0.25, 0.3) is 0 Å². The van der Waals surface area contributed by atoms with Gasteiger partial charge in [0.1, 0.15) is 25.5 Å². The highest BCUT2D eigenvalue weighted by molar-refractivity contribution is 7.45. The van der Waals surface area contributed by atoms with Crippen LogP contribution in [-0.2, 0) is 32.7 Å². The van der Waals surface area contributed by atoms with Gasteiger partial charge in [0, 0.05) is 25.1 Å². The topological polar surface area (TPSA) is 187 Å². The molecule has 0 heterocycles. The lowest BCUT2D eigenvalue weighted by atomic mass is 10.0. The molecule has 1 aromatic carbocycles. The van der Waals surface area contributed by atoms with E-state index in [1.54, 1.807) is 0 Å². The number of nitrogens with two attached hydrogens (primary N) is 1. The molecule has 1 rings (SSSR count). The van der Waals surface area contributed by atoms with Gasteiger partial charge in [-0.2, -0.15) is 0 Å². The highest BCUT2D eigenvalue weighted by Crippen LogP contribution is 2.38. The number of hydrogen-bond acceptors (Lipinski definition) is 11. The van der Waals surface area contributed by atoms with Gasteiger partial charge in [-0.3, -0.25) is 18.9 Å². The van der Waals surface area contributed by atoms with Gasteiger partial charge in [0.05, 0.1) is 33.3 Å². The molecule has 0 aliphatic carbocycles. The van der Waals surface area contributed by atoms with Crippen LogP contribution in [0.4, 0.5) is 5.69 Å². The maximum absolute atomic E-state index is 12.6. The van der Waals surface area contributed by atoms with Crippen LogP contribution in [0.1, 0.15) is 126 Å². The molecule has 2 atom stereocenters. The number of anilines is 1. The van der Waals surface area contributed by atoms with Crippen LogP contribution in [0, 0.1) is 0 Å². The third-order valence-electron chi connectivity index (χ3n) is 8.00. The van der Waals surface area contributed by atoms with Gasteiger partial charge in [-0.25, -0.2) is 0 Å². The molecule has 1 amide bonds. The number of quaternary nitrogens is 1. The molecular formula is C36H64N3O10P. The number of carbonyl (C=O) groups is 3.